The van der Waals surface area contributed by atoms with Crippen LogP contribution in [-0.4, -0.2) is 35.0 Å². The fraction of sp³-hybridized carbons (Fsp3) is 0.857. The van der Waals surface area contributed by atoms with Crippen LogP contribution >= 0.6 is 0 Å². The van der Waals surface area contributed by atoms with Gasteiger partial charge in [-0.15, -0.1) is 0 Å². The summed E-state index contributed by atoms with van der Waals surface area (Å²) in [4.78, 5) is 25.5. The van der Waals surface area contributed by atoms with Crippen molar-refractivity contribution in [3.63, 3.8) is 0 Å². The summed E-state index contributed by atoms with van der Waals surface area (Å²) in [5, 5.41) is 9.16. The SMILES string of the molecule is O=C(O)C1CCCC1C(=O)N1CCCCCCC1. The first-order chi connectivity index (χ1) is 8.70. The number of carbonyl (C=O) groups excluding carboxylic acids is 1. The molecule has 1 amide bonds. The van der Waals surface area contributed by atoms with Crippen molar-refractivity contribution >= 4 is 11.9 Å². The van der Waals surface area contributed by atoms with Gasteiger partial charge in [0.1, 0.15) is 0 Å². The molecule has 1 aliphatic heterocycles. The maximum atomic E-state index is 12.4. The van der Waals surface area contributed by atoms with Crippen molar-refractivity contribution in [3.05, 3.63) is 0 Å². The topological polar surface area (TPSA) is 57.6 Å². The molecule has 2 aliphatic rings. The van der Waals surface area contributed by atoms with Crippen molar-refractivity contribution in [2.24, 2.45) is 11.8 Å². The first-order valence-electron chi connectivity index (χ1n) is 7.22. The molecule has 18 heavy (non-hydrogen) atoms. The molecule has 102 valence electrons. The molecule has 2 unspecified atom stereocenters. The Hall–Kier alpha value is -1.06. The summed E-state index contributed by atoms with van der Waals surface area (Å²) in [6.07, 6.45) is 8.08. The number of carbonyl (C=O) groups is 2. The lowest BCUT2D eigenvalue weighted by atomic mass is 9.94. The van der Waals surface area contributed by atoms with Gasteiger partial charge in [-0.05, 0) is 25.7 Å². The average Bonchev–Trinajstić information content (AvgIpc) is 2.76. The van der Waals surface area contributed by atoms with Crippen molar-refractivity contribution in [2.75, 3.05) is 13.1 Å². The Morgan fingerprint density at radius 1 is 0.833 bits per heavy atom. The molecule has 2 rings (SSSR count). The van der Waals surface area contributed by atoms with Crippen molar-refractivity contribution in [1.29, 1.82) is 0 Å². The van der Waals surface area contributed by atoms with E-state index < -0.39 is 11.9 Å². The largest absolute Gasteiger partial charge is 0.481 e. The van der Waals surface area contributed by atoms with E-state index in [2.05, 4.69) is 0 Å². The average molecular weight is 253 g/mol. The Balaban J connectivity index is 1.98. The summed E-state index contributed by atoms with van der Waals surface area (Å²) in [5.41, 5.74) is 0. The van der Waals surface area contributed by atoms with Gasteiger partial charge in [0, 0.05) is 13.1 Å². The van der Waals surface area contributed by atoms with Crippen molar-refractivity contribution < 1.29 is 14.7 Å². The fourth-order valence-corrected chi connectivity index (χ4v) is 3.25. The smallest absolute Gasteiger partial charge is 0.307 e. The Kier molecular flexibility index (Phi) is 4.61. The lowest BCUT2D eigenvalue weighted by Crippen LogP contribution is -2.40. The lowest BCUT2D eigenvalue weighted by Gasteiger charge is -2.28. The Morgan fingerprint density at radius 2 is 1.39 bits per heavy atom. The molecule has 0 aromatic heterocycles. The number of hydrogen-bond acceptors (Lipinski definition) is 2. The third-order valence-corrected chi connectivity index (χ3v) is 4.32. The highest BCUT2D eigenvalue weighted by Crippen LogP contribution is 2.33. The molecule has 4 nitrogen and oxygen atoms in total. The molecule has 1 N–H and O–H groups in total. The molecule has 2 atom stereocenters. The summed E-state index contributed by atoms with van der Waals surface area (Å²) < 4.78 is 0. The van der Waals surface area contributed by atoms with Gasteiger partial charge in [-0.3, -0.25) is 9.59 Å². The van der Waals surface area contributed by atoms with Crippen LogP contribution in [0.2, 0.25) is 0 Å². The van der Waals surface area contributed by atoms with Crippen LogP contribution in [0.15, 0.2) is 0 Å². The van der Waals surface area contributed by atoms with E-state index in [0.717, 1.165) is 38.8 Å². The highest BCUT2D eigenvalue weighted by molar-refractivity contribution is 5.85. The second kappa shape index (κ2) is 6.21. The molecule has 2 fully saturated rings. The molecule has 1 saturated carbocycles. The minimum Gasteiger partial charge on any atom is -0.481 e. The zero-order chi connectivity index (χ0) is 13.0. The van der Waals surface area contributed by atoms with E-state index in [1.165, 1.54) is 19.3 Å². The molecular weight excluding hydrogens is 230 g/mol. The van der Waals surface area contributed by atoms with E-state index in [1.54, 1.807) is 0 Å². The zero-order valence-corrected chi connectivity index (χ0v) is 10.9. The molecule has 0 radical (unpaired) electrons. The summed E-state index contributed by atoms with van der Waals surface area (Å²) in [5.74, 6) is -1.40. The van der Waals surface area contributed by atoms with Crippen LogP contribution in [0, 0.1) is 11.8 Å². The molecule has 4 heteroatoms. The van der Waals surface area contributed by atoms with E-state index in [0.29, 0.717) is 6.42 Å². The van der Waals surface area contributed by atoms with Crippen molar-refractivity contribution in [1.82, 2.24) is 4.90 Å². The predicted molar refractivity (Wildman–Crippen MR) is 68.1 cm³/mol. The van der Waals surface area contributed by atoms with E-state index >= 15 is 0 Å². The molecule has 0 aromatic carbocycles. The maximum absolute atomic E-state index is 12.4. The molecule has 0 bridgehead atoms. The van der Waals surface area contributed by atoms with Gasteiger partial charge in [0.25, 0.3) is 0 Å². The van der Waals surface area contributed by atoms with Crippen LogP contribution in [0.3, 0.4) is 0 Å². The Morgan fingerprint density at radius 3 is 2.00 bits per heavy atom. The van der Waals surface area contributed by atoms with Crippen LogP contribution in [0.5, 0.6) is 0 Å². The van der Waals surface area contributed by atoms with Gasteiger partial charge >= 0.3 is 5.97 Å². The monoisotopic (exact) mass is 253 g/mol. The number of amides is 1. The number of likely N-dealkylation sites (tertiary alicyclic amines) is 1. The maximum Gasteiger partial charge on any atom is 0.307 e. The highest BCUT2D eigenvalue weighted by Gasteiger charge is 2.39. The van der Waals surface area contributed by atoms with Crippen LogP contribution in [0.4, 0.5) is 0 Å². The van der Waals surface area contributed by atoms with Crippen LogP contribution < -0.4 is 0 Å². The van der Waals surface area contributed by atoms with E-state index in [1.807, 2.05) is 4.90 Å². The second-order valence-electron chi connectivity index (χ2n) is 5.58. The molecule has 1 heterocycles. The molecule has 0 aromatic rings. The van der Waals surface area contributed by atoms with Gasteiger partial charge in [0.2, 0.25) is 5.91 Å². The molecule has 1 saturated heterocycles. The second-order valence-corrected chi connectivity index (χ2v) is 5.58. The minimum atomic E-state index is -0.794. The predicted octanol–water partition coefficient (Wildman–Crippen LogP) is 2.28. The molecule has 1 aliphatic carbocycles. The molecular formula is C14H23NO3. The first-order valence-corrected chi connectivity index (χ1v) is 7.22. The minimum absolute atomic E-state index is 0.0989. The van der Waals surface area contributed by atoms with Crippen LogP contribution in [-0.2, 0) is 9.59 Å². The standard InChI is InChI=1S/C14H23NO3/c16-13(11-7-6-8-12(11)14(17)18)15-9-4-2-1-3-5-10-15/h11-12H,1-10H2,(H,17,18). The van der Waals surface area contributed by atoms with E-state index in [-0.39, 0.29) is 11.8 Å². The number of hydrogen-bond donors (Lipinski definition) is 1. The summed E-state index contributed by atoms with van der Waals surface area (Å²) in [6.45, 7) is 1.64. The van der Waals surface area contributed by atoms with E-state index in [9.17, 15) is 9.59 Å². The summed E-state index contributed by atoms with van der Waals surface area (Å²) in [7, 11) is 0. The Bertz CT molecular complexity index is 308. The number of rotatable bonds is 2. The molecule has 0 spiro atoms. The number of carboxylic acid groups (broad SMARTS) is 1. The number of nitrogens with zero attached hydrogens (tertiary/aromatic N) is 1. The third-order valence-electron chi connectivity index (χ3n) is 4.32. The number of aliphatic carboxylic acids is 1. The normalized spacial score (nSPS) is 29.7. The third kappa shape index (κ3) is 3.03. The fourth-order valence-electron chi connectivity index (χ4n) is 3.25. The van der Waals surface area contributed by atoms with Gasteiger partial charge < -0.3 is 10.0 Å². The van der Waals surface area contributed by atoms with Gasteiger partial charge in [-0.25, -0.2) is 0 Å². The van der Waals surface area contributed by atoms with Crippen LogP contribution in [0.1, 0.15) is 51.4 Å². The number of carboxylic acids is 1. The first kappa shape index (κ1) is 13.4. The van der Waals surface area contributed by atoms with E-state index in [4.69, 9.17) is 5.11 Å². The van der Waals surface area contributed by atoms with Gasteiger partial charge in [-0.1, -0.05) is 25.7 Å². The lowest BCUT2D eigenvalue weighted by molar-refractivity contribution is -0.149. The van der Waals surface area contributed by atoms with Crippen molar-refractivity contribution in [2.45, 2.75) is 51.4 Å². The summed E-state index contributed by atoms with van der Waals surface area (Å²) >= 11 is 0. The highest BCUT2D eigenvalue weighted by atomic mass is 16.4. The Labute approximate surface area is 108 Å². The zero-order valence-electron chi connectivity index (χ0n) is 10.9. The quantitative estimate of drug-likeness (QED) is 0.821. The van der Waals surface area contributed by atoms with Crippen molar-refractivity contribution in [3.8, 4) is 0 Å². The van der Waals surface area contributed by atoms with Gasteiger partial charge in [-0.2, -0.15) is 0 Å². The summed E-state index contributed by atoms with van der Waals surface area (Å²) in [6, 6.07) is 0. The van der Waals surface area contributed by atoms with Gasteiger partial charge in [0.15, 0.2) is 0 Å². The van der Waals surface area contributed by atoms with Crippen LogP contribution in [0.25, 0.3) is 0 Å². The van der Waals surface area contributed by atoms with Gasteiger partial charge in [0.05, 0.1) is 11.8 Å².